The van der Waals surface area contributed by atoms with Gasteiger partial charge in [0.2, 0.25) is 5.88 Å². The van der Waals surface area contributed by atoms with E-state index in [2.05, 4.69) is 26.2 Å². The molecule has 0 aliphatic carbocycles. The van der Waals surface area contributed by atoms with E-state index >= 15 is 0 Å². The van der Waals surface area contributed by atoms with Crippen LogP contribution in [0.5, 0.6) is 11.6 Å². The number of nitrogens with zero attached hydrogens (tertiary/aromatic N) is 1. The lowest BCUT2D eigenvalue weighted by molar-refractivity contribution is -0.123. The van der Waals surface area contributed by atoms with Gasteiger partial charge in [0.1, 0.15) is 11.3 Å². The zero-order valence-electron chi connectivity index (χ0n) is 15.0. The van der Waals surface area contributed by atoms with Gasteiger partial charge in [-0.3, -0.25) is 4.79 Å². The van der Waals surface area contributed by atoms with E-state index in [4.69, 9.17) is 9.47 Å². The number of pyridine rings is 1. The van der Waals surface area contributed by atoms with Crippen molar-refractivity contribution in [1.29, 1.82) is 0 Å². The van der Waals surface area contributed by atoms with Crippen molar-refractivity contribution in [1.82, 2.24) is 4.98 Å². The van der Waals surface area contributed by atoms with Gasteiger partial charge in [-0.15, -0.1) is 0 Å². The van der Waals surface area contributed by atoms with Gasteiger partial charge in [-0.25, -0.2) is 9.78 Å². The average molecular weight is 441 g/mol. The highest BCUT2D eigenvalue weighted by Crippen LogP contribution is 2.23. The van der Waals surface area contributed by atoms with Crippen LogP contribution in [0, 0.1) is 0 Å². The number of benzene rings is 2. The molecule has 0 saturated heterocycles. The summed E-state index contributed by atoms with van der Waals surface area (Å²) in [5.74, 6) is -0.488. The maximum absolute atomic E-state index is 12.5. The maximum Gasteiger partial charge on any atom is 0.344 e. The molecule has 0 radical (unpaired) electrons. The number of anilines is 1. The Hall–Kier alpha value is -3.19. The molecule has 0 fully saturated rings. The number of nitrogens with one attached hydrogen (secondary N) is 1. The molecule has 0 saturated carbocycles. The Balaban J connectivity index is 1.67. The van der Waals surface area contributed by atoms with Crippen molar-refractivity contribution in [2.45, 2.75) is 13.0 Å². The Morgan fingerprint density at radius 3 is 2.43 bits per heavy atom. The summed E-state index contributed by atoms with van der Waals surface area (Å²) in [6.07, 6.45) is 0.513. The van der Waals surface area contributed by atoms with Gasteiger partial charge in [0, 0.05) is 16.4 Å². The monoisotopic (exact) mass is 440 g/mol. The van der Waals surface area contributed by atoms with Gasteiger partial charge in [0.25, 0.3) is 5.91 Å². The number of aromatic nitrogens is 1. The number of para-hydroxylation sites is 1. The fourth-order valence-electron chi connectivity index (χ4n) is 2.28. The van der Waals surface area contributed by atoms with Crippen molar-refractivity contribution in [3.8, 4) is 11.6 Å². The smallest absolute Gasteiger partial charge is 0.344 e. The van der Waals surface area contributed by atoms with Crippen molar-refractivity contribution in [3.05, 3.63) is 83.0 Å². The number of carbonyl (C=O) groups excluding carboxylic acids is 2. The molecule has 0 aliphatic heterocycles. The van der Waals surface area contributed by atoms with Crippen LogP contribution in [0.15, 0.2) is 77.4 Å². The van der Waals surface area contributed by atoms with Crippen LogP contribution in [0.1, 0.15) is 17.3 Å². The third kappa shape index (κ3) is 5.17. The molecule has 1 unspecified atom stereocenters. The largest absolute Gasteiger partial charge is 0.449 e. The number of rotatable bonds is 6. The molecular weight excluding hydrogens is 424 g/mol. The summed E-state index contributed by atoms with van der Waals surface area (Å²) in [7, 11) is 0. The van der Waals surface area contributed by atoms with E-state index < -0.39 is 18.0 Å². The van der Waals surface area contributed by atoms with Gasteiger partial charge >= 0.3 is 5.97 Å². The van der Waals surface area contributed by atoms with E-state index in [1.165, 1.54) is 19.2 Å². The molecular formula is C21H17BrN2O4. The molecule has 0 bridgehead atoms. The minimum Gasteiger partial charge on any atom is -0.449 e. The lowest BCUT2D eigenvalue weighted by Gasteiger charge is -2.15. The fraction of sp³-hybridized carbons (Fsp3) is 0.0952. The highest BCUT2D eigenvalue weighted by molar-refractivity contribution is 9.10. The molecule has 1 amide bonds. The molecule has 0 aliphatic rings. The van der Waals surface area contributed by atoms with E-state index in [1.54, 1.807) is 42.5 Å². The van der Waals surface area contributed by atoms with E-state index in [1.807, 2.05) is 18.2 Å². The molecule has 1 aromatic heterocycles. The SMILES string of the molecule is CC(OC(=O)c1cccnc1Oc1ccccc1)C(=O)Nc1ccc(Br)cc1. The Bertz CT molecular complexity index is 962. The van der Waals surface area contributed by atoms with Crippen LogP contribution in [0.3, 0.4) is 0 Å². The Kier molecular flexibility index (Phi) is 6.39. The number of ether oxygens (including phenoxy) is 2. The highest BCUT2D eigenvalue weighted by atomic mass is 79.9. The first-order chi connectivity index (χ1) is 13.5. The second-order valence-electron chi connectivity index (χ2n) is 5.81. The van der Waals surface area contributed by atoms with Crippen LogP contribution < -0.4 is 10.1 Å². The minimum atomic E-state index is -0.999. The van der Waals surface area contributed by atoms with Crippen LogP contribution in [0.4, 0.5) is 5.69 Å². The summed E-state index contributed by atoms with van der Waals surface area (Å²) in [4.78, 5) is 28.9. The van der Waals surface area contributed by atoms with Crippen molar-refractivity contribution >= 4 is 33.5 Å². The molecule has 1 heterocycles. The number of hydrogen-bond acceptors (Lipinski definition) is 5. The number of hydrogen-bond donors (Lipinski definition) is 1. The van der Waals surface area contributed by atoms with Gasteiger partial charge in [-0.1, -0.05) is 34.1 Å². The summed E-state index contributed by atoms with van der Waals surface area (Å²) in [5, 5.41) is 2.70. The van der Waals surface area contributed by atoms with Crippen molar-refractivity contribution in [2.24, 2.45) is 0 Å². The lowest BCUT2D eigenvalue weighted by atomic mass is 10.2. The predicted molar refractivity (Wildman–Crippen MR) is 108 cm³/mol. The first kappa shape index (κ1) is 19.6. The van der Waals surface area contributed by atoms with E-state index in [9.17, 15) is 9.59 Å². The van der Waals surface area contributed by atoms with E-state index in [0.717, 1.165) is 4.47 Å². The summed E-state index contributed by atoms with van der Waals surface area (Å²) in [6, 6.07) is 19.2. The highest BCUT2D eigenvalue weighted by Gasteiger charge is 2.22. The molecule has 0 spiro atoms. The van der Waals surface area contributed by atoms with Crippen molar-refractivity contribution < 1.29 is 19.1 Å². The second-order valence-corrected chi connectivity index (χ2v) is 6.73. The molecule has 7 heteroatoms. The topological polar surface area (TPSA) is 77.5 Å². The second kappa shape index (κ2) is 9.14. The first-order valence-electron chi connectivity index (χ1n) is 8.48. The van der Waals surface area contributed by atoms with Gasteiger partial charge in [0.15, 0.2) is 6.10 Å². The summed E-state index contributed by atoms with van der Waals surface area (Å²) >= 11 is 3.33. The van der Waals surface area contributed by atoms with E-state index in [-0.39, 0.29) is 11.4 Å². The van der Waals surface area contributed by atoms with Crippen LogP contribution in [-0.4, -0.2) is 23.0 Å². The maximum atomic E-state index is 12.5. The number of halogens is 1. The molecule has 6 nitrogen and oxygen atoms in total. The molecule has 1 N–H and O–H groups in total. The zero-order chi connectivity index (χ0) is 19.9. The van der Waals surface area contributed by atoms with Gasteiger partial charge < -0.3 is 14.8 Å². The number of carbonyl (C=O) groups is 2. The quantitative estimate of drug-likeness (QED) is 0.555. The molecule has 142 valence electrons. The van der Waals surface area contributed by atoms with Gasteiger partial charge in [0.05, 0.1) is 0 Å². The molecule has 1 atom stereocenters. The number of amides is 1. The zero-order valence-corrected chi connectivity index (χ0v) is 16.5. The summed E-state index contributed by atoms with van der Waals surface area (Å²) < 4.78 is 11.9. The van der Waals surface area contributed by atoms with Crippen LogP contribution >= 0.6 is 15.9 Å². The molecule has 28 heavy (non-hydrogen) atoms. The third-order valence-corrected chi connectivity index (χ3v) is 4.24. The molecule has 3 rings (SSSR count). The fourth-order valence-corrected chi connectivity index (χ4v) is 2.55. The Morgan fingerprint density at radius 1 is 1.00 bits per heavy atom. The predicted octanol–water partition coefficient (Wildman–Crippen LogP) is 4.82. The van der Waals surface area contributed by atoms with Crippen LogP contribution in [-0.2, 0) is 9.53 Å². The van der Waals surface area contributed by atoms with Crippen molar-refractivity contribution in [3.63, 3.8) is 0 Å². The normalized spacial score (nSPS) is 11.4. The third-order valence-electron chi connectivity index (χ3n) is 3.71. The minimum absolute atomic E-state index is 0.110. The average Bonchev–Trinajstić information content (AvgIpc) is 2.70. The summed E-state index contributed by atoms with van der Waals surface area (Å²) in [6.45, 7) is 1.50. The Labute approximate surface area is 170 Å². The van der Waals surface area contributed by atoms with Gasteiger partial charge in [-0.05, 0) is 55.5 Å². The van der Waals surface area contributed by atoms with Crippen molar-refractivity contribution in [2.75, 3.05) is 5.32 Å². The first-order valence-corrected chi connectivity index (χ1v) is 9.27. The van der Waals surface area contributed by atoms with E-state index in [0.29, 0.717) is 11.4 Å². The molecule has 2 aromatic carbocycles. The number of esters is 1. The Morgan fingerprint density at radius 2 is 1.71 bits per heavy atom. The van der Waals surface area contributed by atoms with Crippen LogP contribution in [0.25, 0.3) is 0 Å². The lowest BCUT2D eigenvalue weighted by Crippen LogP contribution is -2.30. The molecule has 3 aromatic rings. The summed E-state index contributed by atoms with van der Waals surface area (Å²) in [5.41, 5.74) is 0.736. The van der Waals surface area contributed by atoms with Crippen LogP contribution in [0.2, 0.25) is 0 Å². The van der Waals surface area contributed by atoms with Gasteiger partial charge in [-0.2, -0.15) is 0 Å². The standard InChI is InChI=1S/C21H17BrN2O4/c1-14(19(25)24-16-11-9-15(22)10-12-16)27-21(26)18-8-5-13-23-20(18)28-17-6-3-2-4-7-17/h2-14H,1H3,(H,24,25).